The number of nitrogens with two attached hydrogens (primary N) is 1. The molecule has 3 nitrogen and oxygen atoms in total. The van der Waals surface area contributed by atoms with Crippen molar-refractivity contribution >= 4 is 0 Å². The summed E-state index contributed by atoms with van der Waals surface area (Å²) in [5.41, 5.74) is 7.59. The van der Waals surface area contributed by atoms with E-state index in [0.717, 1.165) is 25.3 Å². The molecule has 100 valence electrons. The largest absolute Gasteiger partial charge is 0.494 e. The summed E-state index contributed by atoms with van der Waals surface area (Å²) in [6.07, 6.45) is 2.30. The predicted octanol–water partition coefficient (Wildman–Crippen LogP) is 2.57. The lowest BCUT2D eigenvalue weighted by Crippen LogP contribution is -2.45. The molecule has 1 aromatic carbocycles. The molecule has 0 saturated carbocycles. The van der Waals surface area contributed by atoms with E-state index in [4.69, 9.17) is 10.5 Å². The third-order valence-electron chi connectivity index (χ3n) is 3.73. The van der Waals surface area contributed by atoms with Crippen molar-refractivity contribution in [2.75, 3.05) is 19.7 Å². The fourth-order valence-electron chi connectivity index (χ4n) is 2.89. The SMILES string of the molecule is CCOc1ccccc1C1C(N)CCCN1CC. The summed E-state index contributed by atoms with van der Waals surface area (Å²) >= 11 is 0. The van der Waals surface area contributed by atoms with Crippen LogP contribution in [-0.4, -0.2) is 30.6 Å². The monoisotopic (exact) mass is 248 g/mol. The first kappa shape index (κ1) is 13.4. The molecular weight excluding hydrogens is 224 g/mol. The lowest BCUT2D eigenvalue weighted by Gasteiger charge is -2.40. The number of hydrogen-bond acceptors (Lipinski definition) is 3. The predicted molar refractivity (Wildman–Crippen MR) is 74.8 cm³/mol. The molecule has 1 fully saturated rings. The first-order chi connectivity index (χ1) is 8.77. The maximum Gasteiger partial charge on any atom is 0.124 e. The fourth-order valence-corrected chi connectivity index (χ4v) is 2.89. The van der Waals surface area contributed by atoms with Crippen molar-refractivity contribution < 1.29 is 4.74 Å². The number of benzene rings is 1. The van der Waals surface area contributed by atoms with Gasteiger partial charge in [-0.15, -0.1) is 0 Å². The van der Waals surface area contributed by atoms with Crippen LogP contribution in [0.15, 0.2) is 24.3 Å². The number of rotatable bonds is 4. The van der Waals surface area contributed by atoms with Gasteiger partial charge in [-0.3, -0.25) is 4.90 Å². The highest BCUT2D eigenvalue weighted by molar-refractivity contribution is 5.37. The summed E-state index contributed by atoms with van der Waals surface area (Å²) in [4.78, 5) is 2.46. The Bertz CT molecular complexity index is 381. The minimum absolute atomic E-state index is 0.209. The average Bonchev–Trinajstić information content (AvgIpc) is 2.40. The highest BCUT2D eigenvalue weighted by Crippen LogP contribution is 2.35. The molecule has 0 aliphatic carbocycles. The van der Waals surface area contributed by atoms with Gasteiger partial charge in [0, 0.05) is 11.6 Å². The van der Waals surface area contributed by atoms with E-state index in [2.05, 4.69) is 24.0 Å². The summed E-state index contributed by atoms with van der Waals surface area (Å²) in [6.45, 7) is 7.10. The number of hydrogen-bond donors (Lipinski definition) is 1. The standard InChI is InChI=1S/C15H24N2O/c1-3-17-11-7-9-13(16)15(17)12-8-5-6-10-14(12)18-4-2/h5-6,8,10,13,15H,3-4,7,9,11,16H2,1-2H3. The van der Waals surface area contributed by atoms with E-state index in [-0.39, 0.29) is 6.04 Å². The van der Waals surface area contributed by atoms with Gasteiger partial charge < -0.3 is 10.5 Å². The van der Waals surface area contributed by atoms with E-state index in [1.165, 1.54) is 12.0 Å². The summed E-state index contributed by atoms with van der Waals surface area (Å²) in [7, 11) is 0. The number of nitrogens with zero attached hydrogens (tertiary/aromatic N) is 1. The first-order valence-electron chi connectivity index (χ1n) is 6.99. The van der Waals surface area contributed by atoms with Crippen LogP contribution in [0.3, 0.4) is 0 Å². The van der Waals surface area contributed by atoms with Gasteiger partial charge in [0.25, 0.3) is 0 Å². The molecule has 3 heteroatoms. The smallest absolute Gasteiger partial charge is 0.124 e. The van der Waals surface area contributed by atoms with Crippen LogP contribution < -0.4 is 10.5 Å². The minimum atomic E-state index is 0.209. The van der Waals surface area contributed by atoms with Gasteiger partial charge in [-0.05, 0) is 38.9 Å². The topological polar surface area (TPSA) is 38.5 Å². The summed E-state index contributed by atoms with van der Waals surface area (Å²) in [5.74, 6) is 0.987. The van der Waals surface area contributed by atoms with Gasteiger partial charge in [0.2, 0.25) is 0 Å². The second-order valence-corrected chi connectivity index (χ2v) is 4.85. The molecule has 0 amide bonds. The molecular formula is C15H24N2O. The van der Waals surface area contributed by atoms with Gasteiger partial charge in [-0.1, -0.05) is 25.1 Å². The van der Waals surface area contributed by atoms with Crippen molar-refractivity contribution in [2.24, 2.45) is 5.73 Å². The van der Waals surface area contributed by atoms with E-state index in [1.807, 2.05) is 19.1 Å². The van der Waals surface area contributed by atoms with Crippen molar-refractivity contribution in [3.63, 3.8) is 0 Å². The maximum absolute atomic E-state index is 6.34. The van der Waals surface area contributed by atoms with Crippen molar-refractivity contribution in [1.29, 1.82) is 0 Å². The van der Waals surface area contributed by atoms with Gasteiger partial charge in [-0.2, -0.15) is 0 Å². The van der Waals surface area contributed by atoms with E-state index >= 15 is 0 Å². The lowest BCUT2D eigenvalue weighted by molar-refractivity contribution is 0.132. The molecule has 2 unspecified atom stereocenters. The van der Waals surface area contributed by atoms with Crippen LogP contribution in [0.25, 0.3) is 0 Å². The molecule has 2 rings (SSSR count). The number of piperidine rings is 1. The van der Waals surface area contributed by atoms with Crippen molar-refractivity contribution in [3.05, 3.63) is 29.8 Å². The Kier molecular flexibility index (Phi) is 4.61. The molecule has 0 aromatic heterocycles. The Morgan fingerprint density at radius 2 is 2.11 bits per heavy atom. The van der Waals surface area contributed by atoms with Crippen molar-refractivity contribution in [1.82, 2.24) is 4.90 Å². The van der Waals surface area contributed by atoms with E-state index in [9.17, 15) is 0 Å². The molecule has 18 heavy (non-hydrogen) atoms. The highest BCUT2D eigenvalue weighted by Gasteiger charge is 2.31. The molecule has 0 bridgehead atoms. The normalized spacial score (nSPS) is 25.1. The van der Waals surface area contributed by atoms with Crippen LogP contribution in [0.1, 0.15) is 38.3 Å². The summed E-state index contributed by atoms with van der Waals surface area (Å²) in [6, 6.07) is 8.82. The molecule has 1 aromatic rings. The van der Waals surface area contributed by atoms with Gasteiger partial charge in [0.15, 0.2) is 0 Å². The second-order valence-electron chi connectivity index (χ2n) is 4.85. The third-order valence-corrected chi connectivity index (χ3v) is 3.73. The van der Waals surface area contributed by atoms with Gasteiger partial charge in [0.1, 0.15) is 5.75 Å². The summed E-state index contributed by atoms with van der Waals surface area (Å²) in [5, 5.41) is 0. The fraction of sp³-hybridized carbons (Fsp3) is 0.600. The van der Waals surface area contributed by atoms with Crippen LogP contribution in [0.5, 0.6) is 5.75 Å². The molecule has 2 atom stereocenters. The Morgan fingerprint density at radius 3 is 2.83 bits per heavy atom. The number of ether oxygens (including phenoxy) is 1. The molecule has 0 radical (unpaired) electrons. The highest BCUT2D eigenvalue weighted by atomic mass is 16.5. The van der Waals surface area contributed by atoms with Gasteiger partial charge >= 0.3 is 0 Å². The van der Waals surface area contributed by atoms with Crippen molar-refractivity contribution in [3.8, 4) is 5.75 Å². The molecule has 1 heterocycles. The zero-order valence-corrected chi connectivity index (χ0v) is 11.4. The number of likely N-dealkylation sites (N-methyl/N-ethyl adjacent to an activating group) is 1. The Balaban J connectivity index is 2.32. The molecule has 1 aliphatic heterocycles. The minimum Gasteiger partial charge on any atom is -0.494 e. The van der Waals surface area contributed by atoms with Gasteiger partial charge in [0.05, 0.1) is 12.6 Å². The Labute approximate surface area is 110 Å². The molecule has 2 N–H and O–H groups in total. The van der Waals surface area contributed by atoms with Crippen LogP contribution in [0.4, 0.5) is 0 Å². The summed E-state index contributed by atoms with van der Waals surface area (Å²) < 4.78 is 5.75. The Hall–Kier alpha value is -1.06. The zero-order chi connectivity index (χ0) is 13.0. The molecule has 0 spiro atoms. The van der Waals surface area contributed by atoms with E-state index in [0.29, 0.717) is 12.6 Å². The second kappa shape index (κ2) is 6.21. The quantitative estimate of drug-likeness (QED) is 0.890. The molecule has 1 saturated heterocycles. The van der Waals surface area contributed by atoms with Crippen LogP contribution in [0, 0.1) is 0 Å². The van der Waals surface area contributed by atoms with Crippen molar-refractivity contribution in [2.45, 2.75) is 38.8 Å². The maximum atomic E-state index is 6.34. The first-order valence-corrected chi connectivity index (χ1v) is 6.99. The number of para-hydroxylation sites is 1. The lowest BCUT2D eigenvalue weighted by atomic mass is 9.90. The van der Waals surface area contributed by atoms with E-state index < -0.39 is 0 Å². The van der Waals surface area contributed by atoms with Crippen LogP contribution in [0.2, 0.25) is 0 Å². The molecule has 1 aliphatic rings. The average molecular weight is 248 g/mol. The third kappa shape index (κ3) is 2.68. The zero-order valence-electron chi connectivity index (χ0n) is 11.4. The van der Waals surface area contributed by atoms with Crippen LogP contribution in [-0.2, 0) is 0 Å². The van der Waals surface area contributed by atoms with Crippen LogP contribution >= 0.6 is 0 Å². The number of likely N-dealkylation sites (tertiary alicyclic amines) is 1. The van der Waals surface area contributed by atoms with Gasteiger partial charge in [-0.25, -0.2) is 0 Å². The Morgan fingerprint density at radius 1 is 1.33 bits per heavy atom. The van der Waals surface area contributed by atoms with E-state index in [1.54, 1.807) is 0 Å².